The maximum absolute atomic E-state index is 12.0. The van der Waals surface area contributed by atoms with Gasteiger partial charge in [-0.2, -0.15) is 4.98 Å². The van der Waals surface area contributed by atoms with Crippen LogP contribution in [0.25, 0.3) is 0 Å². The summed E-state index contributed by atoms with van der Waals surface area (Å²) in [6, 6.07) is 5.03. The Balaban J connectivity index is 2.08. The van der Waals surface area contributed by atoms with Gasteiger partial charge in [0, 0.05) is 17.5 Å². The van der Waals surface area contributed by atoms with Crippen LogP contribution in [-0.2, 0) is 5.88 Å². The van der Waals surface area contributed by atoms with Crippen LogP contribution in [0.4, 0.5) is 13.2 Å². The Bertz CT molecular complexity index is 618. The molecule has 1 heterocycles. The molecule has 2 rings (SSSR count). The van der Waals surface area contributed by atoms with Crippen LogP contribution in [0.3, 0.4) is 0 Å². The van der Waals surface area contributed by atoms with Gasteiger partial charge in [0.25, 0.3) is 0 Å². The van der Waals surface area contributed by atoms with E-state index in [1.165, 1.54) is 18.3 Å². The lowest BCUT2D eigenvalue weighted by Gasteiger charge is -2.09. The van der Waals surface area contributed by atoms with E-state index in [0.717, 1.165) is 17.7 Å². The number of hydrogen-bond donors (Lipinski definition) is 0. The summed E-state index contributed by atoms with van der Waals surface area (Å²) in [4.78, 5) is 8.05. The number of halogens is 4. The molecule has 0 amide bonds. The largest absolute Gasteiger partial charge is 0.573 e. The lowest BCUT2D eigenvalue weighted by atomic mass is 10.3. The lowest BCUT2D eigenvalue weighted by molar-refractivity contribution is -0.274. The van der Waals surface area contributed by atoms with Crippen molar-refractivity contribution in [2.75, 3.05) is 0 Å². The highest BCUT2D eigenvalue weighted by Crippen LogP contribution is 2.26. The van der Waals surface area contributed by atoms with Crippen LogP contribution in [0, 0.1) is 6.92 Å². The predicted octanol–water partition coefficient (Wildman–Crippen LogP) is 4.21. The first-order chi connectivity index (χ1) is 9.87. The average molecular weight is 319 g/mol. The van der Waals surface area contributed by atoms with E-state index >= 15 is 0 Å². The van der Waals surface area contributed by atoms with Gasteiger partial charge in [0.15, 0.2) is 0 Å². The molecule has 0 saturated carbocycles. The molecule has 0 atom stereocenters. The minimum Gasteiger partial charge on any atom is -0.424 e. The van der Waals surface area contributed by atoms with Crippen LogP contribution in [-0.4, -0.2) is 16.3 Å². The van der Waals surface area contributed by atoms with Gasteiger partial charge >= 0.3 is 12.4 Å². The molecule has 0 radical (unpaired) electrons. The van der Waals surface area contributed by atoms with Gasteiger partial charge in [-0.05, 0) is 31.2 Å². The summed E-state index contributed by atoms with van der Waals surface area (Å²) in [6.07, 6.45) is -3.19. The zero-order valence-corrected chi connectivity index (χ0v) is 11.6. The van der Waals surface area contributed by atoms with Crippen molar-refractivity contribution in [3.05, 3.63) is 41.7 Å². The SMILES string of the molecule is Cc1nc(Oc2ccc(OC(F)(F)F)cc2)ncc1CCl. The van der Waals surface area contributed by atoms with Crippen molar-refractivity contribution >= 4 is 11.6 Å². The molecule has 0 aliphatic heterocycles. The zero-order valence-electron chi connectivity index (χ0n) is 10.8. The smallest absolute Gasteiger partial charge is 0.424 e. The molecule has 1 aromatic carbocycles. The molecule has 0 fully saturated rings. The second-order valence-corrected chi connectivity index (χ2v) is 4.29. The molecular weight excluding hydrogens is 309 g/mol. The molecule has 112 valence electrons. The standard InChI is InChI=1S/C13H10ClF3N2O2/c1-8-9(6-14)7-18-12(19-8)20-10-2-4-11(5-3-10)21-13(15,16)17/h2-5,7H,6H2,1H3. The lowest BCUT2D eigenvalue weighted by Crippen LogP contribution is -2.16. The summed E-state index contributed by atoms with van der Waals surface area (Å²) in [7, 11) is 0. The third-order valence-corrected chi connectivity index (χ3v) is 2.76. The Labute approximate surface area is 123 Å². The summed E-state index contributed by atoms with van der Waals surface area (Å²) in [5.41, 5.74) is 1.45. The Morgan fingerprint density at radius 3 is 2.29 bits per heavy atom. The van der Waals surface area contributed by atoms with Crippen LogP contribution >= 0.6 is 11.6 Å². The van der Waals surface area contributed by atoms with E-state index in [2.05, 4.69) is 14.7 Å². The first kappa shape index (κ1) is 15.4. The summed E-state index contributed by atoms with van der Waals surface area (Å²) in [5.74, 6) is 0.252. The van der Waals surface area contributed by atoms with Crippen LogP contribution in [0.15, 0.2) is 30.5 Å². The fraction of sp³-hybridized carbons (Fsp3) is 0.231. The summed E-state index contributed by atoms with van der Waals surface area (Å²) in [5, 5.41) is 0. The van der Waals surface area contributed by atoms with Crippen molar-refractivity contribution in [1.82, 2.24) is 9.97 Å². The van der Waals surface area contributed by atoms with Crippen LogP contribution in [0.5, 0.6) is 17.5 Å². The van der Waals surface area contributed by atoms with Crippen molar-refractivity contribution in [2.45, 2.75) is 19.2 Å². The Hall–Kier alpha value is -2.02. The Kier molecular flexibility index (Phi) is 4.52. The molecular formula is C13H10ClF3N2O2. The number of hydrogen-bond acceptors (Lipinski definition) is 4. The molecule has 0 aliphatic rings. The number of aryl methyl sites for hydroxylation is 1. The van der Waals surface area contributed by atoms with Crippen LogP contribution < -0.4 is 9.47 Å². The number of ether oxygens (including phenoxy) is 2. The van der Waals surface area contributed by atoms with E-state index in [0.29, 0.717) is 11.4 Å². The van der Waals surface area contributed by atoms with E-state index in [9.17, 15) is 13.2 Å². The molecule has 2 aromatic rings. The van der Waals surface area contributed by atoms with Gasteiger partial charge < -0.3 is 9.47 Å². The first-order valence-corrected chi connectivity index (χ1v) is 6.33. The monoisotopic (exact) mass is 318 g/mol. The van der Waals surface area contributed by atoms with Crippen molar-refractivity contribution in [3.8, 4) is 17.5 Å². The Morgan fingerprint density at radius 1 is 1.14 bits per heavy atom. The van der Waals surface area contributed by atoms with Gasteiger partial charge in [-0.1, -0.05) is 0 Å². The quantitative estimate of drug-likeness (QED) is 0.792. The maximum atomic E-state index is 12.0. The van der Waals surface area contributed by atoms with Gasteiger partial charge in [0.2, 0.25) is 0 Å². The molecule has 0 bridgehead atoms. The molecule has 0 spiro atoms. The maximum Gasteiger partial charge on any atom is 0.573 e. The number of nitrogens with zero attached hydrogens (tertiary/aromatic N) is 2. The Morgan fingerprint density at radius 2 is 1.76 bits per heavy atom. The van der Waals surface area contributed by atoms with Gasteiger partial charge in [0.1, 0.15) is 11.5 Å². The van der Waals surface area contributed by atoms with E-state index < -0.39 is 6.36 Å². The molecule has 0 unspecified atom stereocenters. The molecule has 4 nitrogen and oxygen atoms in total. The highest BCUT2D eigenvalue weighted by Gasteiger charge is 2.30. The van der Waals surface area contributed by atoms with Crippen LogP contribution in [0.1, 0.15) is 11.3 Å². The molecule has 0 N–H and O–H groups in total. The predicted molar refractivity (Wildman–Crippen MR) is 69.5 cm³/mol. The van der Waals surface area contributed by atoms with E-state index in [1.807, 2.05) is 0 Å². The first-order valence-electron chi connectivity index (χ1n) is 5.79. The summed E-state index contributed by atoms with van der Waals surface area (Å²) >= 11 is 5.69. The highest BCUT2D eigenvalue weighted by atomic mass is 35.5. The van der Waals surface area contributed by atoms with E-state index in [-0.39, 0.29) is 17.6 Å². The fourth-order valence-electron chi connectivity index (χ4n) is 1.47. The third-order valence-electron chi connectivity index (χ3n) is 2.47. The second kappa shape index (κ2) is 6.17. The normalized spacial score (nSPS) is 11.3. The number of benzene rings is 1. The van der Waals surface area contributed by atoms with Gasteiger partial charge in [-0.25, -0.2) is 4.98 Å². The zero-order chi connectivity index (χ0) is 15.5. The second-order valence-electron chi connectivity index (χ2n) is 4.02. The number of rotatable bonds is 4. The third kappa shape index (κ3) is 4.49. The summed E-state index contributed by atoms with van der Waals surface area (Å²) < 4.78 is 45.2. The minimum absolute atomic E-state index is 0.0888. The number of aromatic nitrogens is 2. The van der Waals surface area contributed by atoms with E-state index in [4.69, 9.17) is 16.3 Å². The van der Waals surface area contributed by atoms with E-state index in [1.54, 1.807) is 6.92 Å². The van der Waals surface area contributed by atoms with Crippen LogP contribution in [0.2, 0.25) is 0 Å². The highest BCUT2D eigenvalue weighted by molar-refractivity contribution is 6.17. The fourth-order valence-corrected chi connectivity index (χ4v) is 1.73. The minimum atomic E-state index is -4.72. The summed E-state index contributed by atoms with van der Waals surface area (Å²) in [6.45, 7) is 1.76. The molecule has 8 heteroatoms. The average Bonchev–Trinajstić information content (AvgIpc) is 2.40. The number of alkyl halides is 4. The van der Waals surface area contributed by atoms with Crippen molar-refractivity contribution < 1.29 is 22.6 Å². The van der Waals surface area contributed by atoms with Crippen molar-refractivity contribution in [1.29, 1.82) is 0 Å². The van der Waals surface area contributed by atoms with Crippen molar-refractivity contribution in [2.24, 2.45) is 0 Å². The van der Waals surface area contributed by atoms with Gasteiger partial charge in [0.05, 0.1) is 5.88 Å². The van der Waals surface area contributed by atoms with Gasteiger partial charge in [-0.15, -0.1) is 24.8 Å². The van der Waals surface area contributed by atoms with Crippen molar-refractivity contribution in [3.63, 3.8) is 0 Å². The molecule has 0 aliphatic carbocycles. The molecule has 21 heavy (non-hydrogen) atoms. The molecule has 0 saturated heterocycles. The molecule has 1 aromatic heterocycles. The topological polar surface area (TPSA) is 44.2 Å². The van der Waals surface area contributed by atoms with Gasteiger partial charge in [-0.3, -0.25) is 0 Å².